The molecule has 148 valence electrons. The number of carbonyl (C=O) groups excluding carboxylic acids is 2. The summed E-state index contributed by atoms with van der Waals surface area (Å²) in [5.74, 6) is 1.11. The SMILES string of the molecule is CC1CCN(C(C)CNC(=O)C(C)N2C(=O)C(C)Oc3ccccc32)CC1. The van der Waals surface area contributed by atoms with Crippen LogP contribution >= 0.6 is 0 Å². The molecule has 2 amide bonds. The minimum absolute atomic E-state index is 0.135. The van der Waals surface area contributed by atoms with E-state index in [1.54, 1.807) is 18.7 Å². The smallest absolute Gasteiger partial charge is 0.268 e. The maximum absolute atomic E-state index is 12.8. The van der Waals surface area contributed by atoms with Crippen molar-refractivity contribution in [2.24, 2.45) is 5.92 Å². The predicted octanol–water partition coefficient (Wildman–Crippen LogP) is 2.43. The molecular formula is C21H31N3O3. The summed E-state index contributed by atoms with van der Waals surface area (Å²) in [7, 11) is 0. The predicted molar refractivity (Wildman–Crippen MR) is 106 cm³/mol. The standard InChI is InChI=1S/C21H31N3O3/c1-14-9-11-23(12-10-14)15(2)13-22-20(25)16(3)24-18-7-5-6-8-19(18)27-17(4)21(24)26/h5-8,14-17H,9-13H2,1-4H3,(H,22,25). The van der Waals surface area contributed by atoms with Crippen LogP contribution in [-0.4, -0.2) is 54.5 Å². The van der Waals surface area contributed by atoms with E-state index in [0.29, 0.717) is 24.0 Å². The van der Waals surface area contributed by atoms with Crippen LogP contribution in [0, 0.1) is 5.92 Å². The fourth-order valence-electron chi connectivity index (χ4n) is 3.82. The second kappa shape index (κ2) is 8.30. The van der Waals surface area contributed by atoms with Gasteiger partial charge in [0.15, 0.2) is 6.10 Å². The number of amides is 2. The van der Waals surface area contributed by atoms with Gasteiger partial charge in [0, 0.05) is 12.6 Å². The largest absolute Gasteiger partial charge is 0.479 e. The van der Waals surface area contributed by atoms with Crippen molar-refractivity contribution in [2.45, 2.75) is 58.7 Å². The van der Waals surface area contributed by atoms with E-state index in [-0.39, 0.29) is 11.8 Å². The summed E-state index contributed by atoms with van der Waals surface area (Å²) in [6.07, 6.45) is 1.83. The Bertz CT molecular complexity index is 685. The van der Waals surface area contributed by atoms with Crippen molar-refractivity contribution in [3.05, 3.63) is 24.3 Å². The second-order valence-corrected chi connectivity index (χ2v) is 7.92. The van der Waals surface area contributed by atoms with Gasteiger partial charge in [-0.3, -0.25) is 19.4 Å². The van der Waals surface area contributed by atoms with Gasteiger partial charge < -0.3 is 10.1 Å². The van der Waals surface area contributed by atoms with Gasteiger partial charge >= 0.3 is 0 Å². The molecule has 27 heavy (non-hydrogen) atoms. The summed E-state index contributed by atoms with van der Waals surface area (Å²) in [5.41, 5.74) is 0.654. The van der Waals surface area contributed by atoms with Crippen molar-refractivity contribution in [3.63, 3.8) is 0 Å². The first-order chi connectivity index (χ1) is 12.9. The summed E-state index contributed by atoms with van der Waals surface area (Å²) in [5, 5.41) is 3.04. The van der Waals surface area contributed by atoms with Gasteiger partial charge in [0.25, 0.3) is 5.91 Å². The van der Waals surface area contributed by atoms with Crippen LogP contribution < -0.4 is 15.0 Å². The topological polar surface area (TPSA) is 61.9 Å². The number of hydrogen-bond acceptors (Lipinski definition) is 4. The summed E-state index contributed by atoms with van der Waals surface area (Å²) in [6, 6.07) is 7.07. The van der Waals surface area contributed by atoms with Crippen LogP contribution in [0.25, 0.3) is 0 Å². The highest BCUT2D eigenvalue weighted by molar-refractivity contribution is 6.05. The van der Waals surface area contributed by atoms with Gasteiger partial charge in [-0.05, 0) is 64.8 Å². The van der Waals surface area contributed by atoms with E-state index in [1.807, 2.05) is 24.3 Å². The Hall–Kier alpha value is -2.08. The van der Waals surface area contributed by atoms with Crippen LogP contribution in [0.15, 0.2) is 24.3 Å². The van der Waals surface area contributed by atoms with E-state index in [2.05, 4.69) is 24.1 Å². The average molecular weight is 373 g/mol. The van der Waals surface area contributed by atoms with Gasteiger partial charge in [-0.2, -0.15) is 0 Å². The minimum Gasteiger partial charge on any atom is -0.479 e. The van der Waals surface area contributed by atoms with Crippen LogP contribution in [0.2, 0.25) is 0 Å². The fourth-order valence-corrected chi connectivity index (χ4v) is 3.82. The number of ether oxygens (including phenoxy) is 1. The van der Waals surface area contributed by atoms with Gasteiger partial charge in [0.1, 0.15) is 11.8 Å². The molecule has 0 spiro atoms. The summed E-state index contributed by atoms with van der Waals surface area (Å²) < 4.78 is 5.66. The highest BCUT2D eigenvalue weighted by Crippen LogP contribution is 2.34. The molecule has 3 unspecified atom stereocenters. The number of fused-ring (bicyclic) bond motifs is 1. The first kappa shape index (κ1) is 19.7. The number of likely N-dealkylation sites (tertiary alicyclic amines) is 1. The average Bonchev–Trinajstić information content (AvgIpc) is 2.67. The lowest BCUT2D eigenvalue weighted by Crippen LogP contribution is -2.55. The Morgan fingerprint density at radius 2 is 1.89 bits per heavy atom. The number of nitrogens with zero attached hydrogens (tertiary/aromatic N) is 2. The molecule has 0 aliphatic carbocycles. The van der Waals surface area contributed by atoms with Crippen LogP contribution in [-0.2, 0) is 9.59 Å². The maximum atomic E-state index is 12.8. The lowest BCUT2D eigenvalue weighted by molar-refractivity contribution is -0.130. The Kier molecular flexibility index (Phi) is 6.05. The first-order valence-electron chi connectivity index (χ1n) is 9.99. The number of nitrogens with one attached hydrogen (secondary N) is 1. The molecule has 2 heterocycles. The molecule has 2 aliphatic rings. The lowest BCUT2D eigenvalue weighted by atomic mass is 9.98. The number of carbonyl (C=O) groups is 2. The molecule has 3 rings (SSSR count). The van der Waals surface area contributed by atoms with Crippen LogP contribution in [0.1, 0.15) is 40.5 Å². The van der Waals surface area contributed by atoms with E-state index in [1.165, 1.54) is 12.8 Å². The number of para-hydroxylation sites is 2. The third-order valence-electron chi connectivity index (χ3n) is 5.79. The number of piperidine rings is 1. The zero-order chi connectivity index (χ0) is 19.6. The van der Waals surface area contributed by atoms with Crippen LogP contribution in [0.3, 0.4) is 0 Å². The van der Waals surface area contributed by atoms with E-state index in [4.69, 9.17) is 4.74 Å². The lowest BCUT2D eigenvalue weighted by Gasteiger charge is -2.37. The van der Waals surface area contributed by atoms with Crippen LogP contribution in [0.5, 0.6) is 5.75 Å². The van der Waals surface area contributed by atoms with E-state index < -0.39 is 12.1 Å². The molecule has 1 fully saturated rings. The first-order valence-corrected chi connectivity index (χ1v) is 9.99. The zero-order valence-corrected chi connectivity index (χ0v) is 16.8. The normalized spacial score (nSPS) is 23.3. The summed E-state index contributed by atoms with van der Waals surface area (Å²) in [4.78, 5) is 29.4. The van der Waals surface area contributed by atoms with Crippen molar-refractivity contribution in [2.75, 3.05) is 24.5 Å². The molecule has 3 atom stereocenters. The maximum Gasteiger partial charge on any atom is 0.268 e. The molecule has 6 heteroatoms. The highest BCUT2D eigenvalue weighted by Gasteiger charge is 2.37. The molecule has 1 aromatic carbocycles. The Balaban J connectivity index is 1.62. The number of anilines is 1. The van der Waals surface area contributed by atoms with Crippen molar-refractivity contribution in [3.8, 4) is 5.75 Å². The van der Waals surface area contributed by atoms with Gasteiger partial charge in [-0.15, -0.1) is 0 Å². The monoisotopic (exact) mass is 373 g/mol. The summed E-state index contributed by atoms with van der Waals surface area (Å²) in [6.45, 7) is 10.7. The molecular weight excluding hydrogens is 342 g/mol. The quantitative estimate of drug-likeness (QED) is 0.861. The van der Waals surface area contributed by atoms with Gasteiger partial charge in [0.2, 0.25) is 5.91 Å². The molecule has 6 nitrogen and oxygen atoms in total. The number of benzene rings is 1. The molecule has 0 radical (unpaired) electrons. The highest BCUT2D eigenvalue weighted by atomic mass is 16.5. The van der Waals surface area contributed by atoms with Gasteiger partial charge in [-0.1, -0.05) is 19.1 Å². The zero-order valence-electron chi connectivity index (χ0n) is 16.8. The fraction of sp³-hybridized carbons (Fsp3) is 0.619. The number of rotatable bonds is 5. The Morgan fingerprint density at radius 1 is 1.22 bits per heavy atom. The molecule has 2 aliphatic heterocycles. The molecule has 0 saturated carbocycles. The molecule has 1 N–H and O–H groups in total. The third kappa shape index (κ3) is 4.26. The minimum atomic E-state index is -0.593. The Morgan fingerprint density at radius 3 is 2.59 bits per heavy atom. The Labute approximate surface area is 161 Å². The molecule has 1 saturated heterocycles. The molecule has 1 aromatic rings. The van der Waals surface area contributed by atoms with Gasteiger partial charge in [0.05, 0.1) is 5.69 Å². The van der Waals surface area contributed by atoms with Crippen molar-refractivity contribution in [1.82, 2.24) is 10.2 Å². The molecule has 0 bridgehead atoms. The number of hydrogen-bond donors (Lipinski definition) is 1. The van der Waals surface area contributed by atoms with Gasteiger partial charge in [-0.25, -0.2) is 0 Å². The van der Waals surface area contributed by atoms with Crippen molar-refractivity contribution >= 4 is 17.5 Å². The third-order valence-corrected chi connectivity index (χ3v) is 5.79. The van der Waals surface area contributed by atoms with Crippen molar-refractivity contribution in [1.29, 1.82) is 0 Å². The van der Waals surface area contributed by atoms with E-state index >= 15 is 0 Å². The van der Waals surface area contributed by atoms with E-state index in [9.17, 15) is 9.59 Å². The summed E-state index contributed by atoms with van der Waals surface area (Å²) >= 11 is 0. The molecule has 0 aromatic heterocycles. The van der Waals surface area contributed by atoms with Crippen LogP contribution in [0.4, 0.5) is 5.69 Å². The van der Waals surface area contributed by atoms with Crippen molar-refractivity contribution < 1.29 is 14.3 Å². The van der Waals surface area contributed by atoms with E-state index in [0.717, 1.165) is 19.0 Å². The second-order valence-electron chi connectivity index (χ2n) is 7.92.